The minimum absolute atomic E-state index is 0.0795. The van der Waals surface area contributed by atoms with Crippen LogP contribution >= 0.6 is 0 Å². The fourth-order valence-electron chi connectivity index (χ4n) is 3.54. The zero-order valence-corrected chi connectivity index (χ0v) is 15.0. The Morgan fingerprint density at radius 3 is 2.70 bits per heavy atom. The molecule has 0 unspecified atom stereocenters. The smallest absolute Gasteiger partial charge is 0.357 e. The number of ether oxygens (including phenoxy) is 1. The number of fused-ring (bicyclic) bond motifs is 1. The average molecular weight is 364 g/mol. The second-order valence-corrected chi connectivity index (χ2v) is 6.49. The summed E-state index contributed by atoms with van der Waals surface area (Å²) in [6.07, 6.45) is 3.13. The van der Waals surface area contributed by atoms with Gasteiger partial charge in [-0.2, -0.15) is 0 Å². The number of ketones is 1. The number of carbonyl (C=O) groups is 2. The molecule has 2 heterocycles. The van der Waals surface area contributed by atoms with E-state index in [0.29, 0.717) is 29.8 Å². The van der Waals surface area contributed by atoms with Crippen LogP contribution in [0.3, 0.4) is 0 Å². The van der Waals surface area contributed by atoms with E-state index in [-0.39, 0.29) is 5.78 Å². The molecule has 6 nitrogen and oxygen atoms in total. The van der Waals surface area contributed by atoms with Gasteiger partial charge in [0, 0.05) is 23.8 Å². The van der Waals surface area contributed by atoms with Crippen LogP contribution in [0.1, 0.15) is 33.6 Å². The van der Waals surface area contributed by atoms with Crippen LogP contribution in [0.5, 0.6) is 5.75 Å². The van der Waals surface area contributed by atoms with Gasteiger partial charge in [-0.15, -0.1) is 5.06 Å². The van der Waals surface area contributed by atoms with Gasteiger partial charge < -0.3 is 14.6 Å². The first kappa shape index (κ1) is 17.3. The van der Waals surface area contributed by atoms with E-state index >= 15 is 0 Å². The van der Waals surface area contributed by atoms with Crippen LogP contribution in [0.25, 0.3) is 10.9 Å². The van der Waals surface area contributed by atoms with Crippen molar-refractivity contribution in [2.24, 2.45) is 0 Å². The topological polar surface area (TPSA) is 71.6 Å². The molecule has 1 fully saturated rings. The Morgan fingerprint density at radius 2 is 1.93 bits per heavy atom. The lowest BCUT2D eigenvalue weighted by atomic mass is 10.0. The molecule has 1 aliphatic rings. The van der Waals surface area contributed by atoms with E-state index in [0.717, 1.165) is 17.3 Å². The fraction of sp³-hybridized carbons (Fsp3) is 0.238. The molecule has 0 amide bonds. The van der Waals surface area contributed by atoms with Crippen LogP contribution in [0.2, 0.25) is 0 Å². The SMILES string of the molecule is COc1cccc2[nH]cc(C(=O)[C@H]3CCCN3OC(=O)c3ccccc3)c12. The maximum Gasteiger partial charge on any atom is 0.357 e. The second kappa shape index (κ2) is 7.25. The number of Topliss-reactive ketones (excluding diaryl/α,β-unsaturated/α-hetero) is 1. The van der Waals surface area contributed by atoms with E-state index in [1.807, 2.05) is 24.3 Å². The number of nitrogens with zero attached hydrogens (tertiary/aromatic N) is 1. The van der Waals surface area contributed by atoms with Crippen molar-refractivity contribution in [2.75, 3.05) is 13.7 Å². The van der Waals surface area contributed by atoms with E-state index in [1.165, 1.54) is 5.06 Å². The predicted molar refractivity (Wildman–Crippen MR) is 101 cm³/mol. The van der Waals surface area contributed by atoms with Crippen molar-refractivity contribution >= 4 is 22.7 Å². The third-order valence-corrected chi connectivity index (χ3v) is 4.87. The maximum absolute atomic E-state index is 13.2. The minimum Gasteiger partial charge on any atom is -0.496 e. The lowest BCUT2D eigenvalue weighted by Gasteiger charge is -2.22. The Kier molecular flexibility index (Phi) is 4.64. The van der Waals surface area contributed by atoms with E-state index in [4.69, 9.17) is 9.57 Å². The van der Waals surface area contributed by atoms with E-state index in [9.17, 15) is 9.59 Å². The molecule has 0 bridgehead atoms. The van der Waals surface area contributed by atoms with Crippen LogP contribution in [0, 0.1) is 0 Å². The van der Waals surface area contributed by atoms with Gasteiger partial charge in [-0.05, 0) is 37.1 Å². The third-order valence-electron chi connectivity index (χ3n) is 4.87. The highest BCUT2D eigenvalue weighted by molar-refractivity contribution is 6.12. The number of carbonyl (C=O) groups excluding carboxylic acids is 2. The van der Waals surface area contributed by atoms with Crippen molar-refractivity contribution in [1.29, 1.82) is 0 Å². The number of hydroxylamine groups is 2. The molecule has 1 saturated heterocycles. The summed E-state index contributed by atoms with van der Waals surface area (Å²) in [6, 6.07) is 13.9. The lowest BCUT2D eigenvalue weighted by Crippen LogP contribution is -2.37. The van der Waals surface area contributed by atoms with Gasteiger partial charge in [0.2, 0.25) is 0 Å². The zero-order valence-electron chi connectivity index (χ0n) is 15.0. The van der Waals surface area contributed by atoms with Crippen LogP contribution in [-0.4, -0.2) is 41.5 Å². The summed E-state index contributed by atoms with van der Waals surface area (Å²) in [7, 11) is 1.58. The predicted octanol–water partition coefficient (Wildman–Crippen LogP) is 3.60. The summed E-state index contributed by atoms with van der Waals surface area (Å²) in [5.74, 6) is 0.110. The Labute approximate surface area is 156 Å². The van der Waals surface area contributed by atoms with Gasteiger partial charge in [-0.25, -0.2) is 4.79 Å². The summed E-state index contributed by atoms with van der Waals surface area (Å²) in [5, 5.41) is 2.26. The Morgan fingerprint density at radius 1 is 1.11 bits per heavy atom. The number of rotatable bonds is 5. The van der Waals surface area contributed by atoms with Gasteiger partial charge in [0.15, 0.2) is 5.78 Å². The van der Waals surface area contributed by atoms with Gasteiger partial charge in [-0.1, -0.05) is 24.3 Å². The van der Waals surface area contributed by atoms with Crippen molar-refractivity contribution in [3.05, 3.63) is 65.9 Å². The first-order valence-electron chi connectivity index (χ1n) is 8.91. The van der Waals surface area contributed by atoms with E-state index < -0.39 is 12.0 Å². The summed E-state index contributed by atoms with van der Waals surface area (Å²) < 4.78 is 5.42. The molecular formula is C21H20N2O4. The number of nitrogens with one attached hydrogen (secondary N) is 1. The molecule has 0 saturated carbocycles. The molecule has 1 aliphatic heterocycles. The first-order valence-corrected chi connectivity index (χ1v) is 8.91. The summed E-state index contributed by atoms with van der Waals surface area (Å²) >= 11 is 0. The number of hydrogen-bond donors (Lipinski definition) is 1. The average Bonchev–Trinajstić information content (AvgIpc) is 3.35. The zero-order chi connectivity index (χ0) is 18.8. The van der Waals surface area contributed by atoms with Crippen LogP contribution in [-0.2, 0) is 4.84 Å². The highest BCUT2D eigenvalue weighted by atomic mass is 16.7. The van der Waals surface area contributed by atoms with E-state index in [1.54, 1.807) is 37.6 Å². The van der Waals surface area contributed by atoms with Crippen LogP contribution < -0.4 is 4.74 Å². The lowest BCUT2D eigenvalue weighted by molar-refractivity contribution is -0.109. The first-order chi connectivity index (χ1) is 13.2. The van der Waals surface area contributed by atoms with Crippen molar-refractivity contribution in [2.45, 2.75) is 18.9 Å². The van der Waals surface area contributed by atoms with Crippen LogP contribution in [0.4, 0.5) is 0 Å². The number of hydrogen-bond acceptors (Lipinski definition) is 5. The molecule has 27 heavy (non-hydrogen) atoms. The molecule has 0 radical (unpaired) electrons. The Bertz CT molecular complexity index is 980. The largest absolute Gasteiger partial charge is 0.496 e. The quantitative estimate of drug-likeness (QED) is 0.701. The van der Waals surface area contributed by atoms with Gasteiger partial charge >= 0.3 is 5.97 Å². The van der Waals surface area contributed by atoms with Crippen molar-refractivity contribution in [1.82, 2.24) is 10.0 Å². The highest BCUT2D eigenvalue weighted by Gasteiger charge is 2.35. The molecule has 2 aromatic carbocycles. The van der Waals surface area contributed by atoms with Crippen molar-refractivity contribution < 1.29 is 19.2 Å². The fourth-order valence-corrected chi connectivity index (χ4v) is 3.54. The number of aromatic nitrogens is 1. The molecule has 1 atom stereocenters. The standard InChI is InChI=1S/C21H20N2O4/c1-26-18-11-5-9-16-19(18)15(13-22-16)20(24)17-10-6-12-23(17)27-21(25)14-7-3-2-4-8-14/h2-5,7-9,11,13,17,22H,6,10,12H2,1H3/t17-/m1/s1. The highest BCUT2D eigenvalue weighted by Crippen LogP contribution is 2.31. The summed E-state index contributed by atoms with van der Waals surface area (Å²) in [5.41, 5.74) is 1.85. The molecule has 4 rings (SSSR count). The third kappa shape index (κ3) is 3.19. The van der Waals surface area contributed by atoms with Gasteiger partial charge in [0.25, 0.3) is 0 Å². The molecule has 0 aliphatic carbocycles. The minimum atomic E-state index is -0.499. The monoisotopic (exact) mass is 364 g/mol. The molecule has 138 valence electrons. The molecule has 0 spiro atoms. The maximum atomic E-state index is 13.2. The normalized spacial score (nSPS) is 17.1. The molecule has 1 aromatic heterocycles. The molecular weight excluding hydrogens is 344 g/mol. The summed E-state index contributed by atoms with van der Waals surface area (Å²) in [4.78, 5) is 34.2. The Hall–Kier alpha value is -3.12. The van der Waals surface area contributed by atoms with Gasteiger partial charge in [-0.3, -0.25) is 4.79 Å². The molecule has 1 N–H and O–H groups in total. The summed E-state index contributed by atoms with van der Waals surface area (Å²) in [6.45, 7) is 0.536. The number of aromatic amines is 1. The molecule has 6 heteroatoms. The molecule has 3 aromatic rings. The van der Waals surface area contributed by atoms with Gasteiger partial charge in [0.1, 0.15) is 11.8 Å². The van der Waals surface area contributed by atoms with E-state index in [2.05, 4.69) is 4.98 Å². The van der Waals surface area contributed by atoms with Crippen molar-refractivity contribution in [3.8, 4) is 5.75 Å². The Balaban J connectivity index is 1.59. The number of benzene rings is 2. The van der Waals surface area contributed by atoms with Crippen LogP contribution in [0.15, 0.2) is 54.7 Å². The van der Waals surface area contributed by atoms with Crippen molar-refractivity contribution in [3.63, 3.8) is 0 Å². The second-order valence-electron chi connectivity index (χ2n) is 6.49. The number of methoxy groups -OCH3 is 1. The van der Waals surface area contributed by atoms with Gasteiger partial charge in [0.05, 0.1) is 18.1 Å². The number of H-pyrrole nitrogens is 1.